The molecule has 0 aromatic heterocycles. The predicted molar refractivity (Wildman–Crippen MR) is 156 cm³/mol. The molecular formula is C30H36ClN3O4S. The number of aryl methyl sites for hydroxylation is 2. The summed E-state index contributed by atoms with van der Waals surface area (Å²) in [5, 5.41) is 3.44. The van der Waals surface area contributed by atoms with Crippen LogP contribution in [0.4, 0.5) is 5.69 Å². The van der Waals surface area contributed by atoms with Crippen molar-refractivity contribution in [2.75, 3.05) is 10.8 Å². The summed E-state index contributed by atoms with van der Waals surface area (Å²) in [6.07, 6.45) is 0.354. The Kier molecular flexibility index (Phi) is 10.2. The fraction of sp³-hybridized carbons (Fsp3) is 0.333. The summed E-state index contributed by atoms with van der Waals surface area (Å²) in [4.78, 5) is 28.7. The van der Waals surface area contributed by atoms with E-state index in [1.807, 2.05) is 40.7 Å². The minimum atomic E-state index is -4.10. The van der Waals surface area contributed by atoms with E-state index in [1.54, 1.807) is 54.6 Å². The highest BCUT2D eigenvalue weighted by atomic mass is 35.5. The molecule has 0 aliphatic heterocycles. The van der Waals surface area contributed by atoms with Crippen LogP contribution in [0, 0.1) is 13.8 Å². The van der Waals surface area contributed by atoms with Crippen molar-refractivity contribution in [3.05, 3.63) is 94.5 Å². The lowest BCUT2D eigenvalue weighted by Crippen LogP contribution is -2.53. The number of benzene rings is 3. The fourth-order valence-electron chi connectivity index (χ4n) is 4.24. The number of hydrogen-bond donors (Lipinski definition) is 1. The average Bonchev–Trinajstić information content (AvgIpc) is 2.88. The molecule has 0 bridgehead atoms. The van der Waals surface area contributed by atoms with Gasteiger partial charge in [-0.2, -0.15) is 0 Å². The smallest absolute Gasteiger partial charge is 0.264 e. The molecule has 208 valence electrons. The number of nitrogens with zero attached hydrogens (tertiary/aromatic N) is 2. The predicted octanol–water partition coefficient (Wildman–Crippen LogP) is 5.48. The van der Waals surface area contributed by atoms with Gasteiger partial charge in [-0.3, -0.25) is 13.9 Å². The van der Waals surface area contributed by atoms with Crippen molar-refractivity contribution in [3.8, 4) is 0 Å². The number of carbonyl (C=O) groups excluding carboxylic acids is 2. The highest BCUT2D eigenvalue weighted by Gasteiger charge is 2.33. The third-order valence-electron chi connectivity index (χ3n) is 6.26. The Morgan fingerprint density at radius 3 is 2.13 bits per heavy atom. The number of nitrogens with one attached hydrogen (secondary N) is 1. The average molecular weight is 570 g/mol. The van der Waals surface area contributed by atoms with Crippen molar-refractivity contribution in [1.82, 2.24) is 10.2 Å². The SMILES string of the molecule is CC[C@@H](C(=O)NC(C)C)N(Cc1ccc(Cl)cc1)C(=O)CN(c1cccc(C)c1)S(=O)(=O)c1ccc(C)cc1. The minimum Gasteiger partial charge on any atom is -0.352 e. The van der Waals surface area contributed by atoms with Gasteiger partial charge < -0.3 is 10.2 Å². The van der Waals surface area contributed by atoms with Gasteiger partial charge in [-0.05, 0) is 81.6 Å². The van der Waals surface area contributed by atoms with Crippen LogP contribution in [0.15, 0.2) is 77.7 Å². The zero-order chi connectivity index (χ0) is 28.7. The normalized spacial score (nSPS) is 12.2. The molecule has 0 saturated carbocycles. The van der Waals surface area contributed by atoms with E-state index in [0.717, 1.165) is 21.0 Å². The summed E-state index contributed by atoms with van der Waals surface area (Å²) in [6, 6.07) is 19.6. The molecule has 0 aliphatic carbocycles. The third-order valence-corrected chi connectivity index (χ3v) is 8.30. The largest absolute Gasteiger partial charge is 0.352 e. The molecule has 9 heteroatoms. The second-order valence-electron chi connectivity index (χ2n) is 9.90. The van der Waals surface area contributed by atoms with E-state index in [1.165, 1.54) is 17.0 Å². The van der Waals surface area contributed by atoms with Crippen LogP contribution in [0.2, 0.25) is 5.02 Å². The molecule has 3 rings (SSSR count). The van der Waals surface area contributed by atoms with Crippen LogP contribution in [-0.4, -0.2) is 43.8 Å². The van der Waals surface area contributed by atoms with Crippen molar-refractivity contribution in [2.45, 2.75) is 64.6 Å². The molecule has 1 N–H and O–H groups in total. The molecule has 0 saturated heterocycles. The third kappa shape index (κ3) is 7.83. The number of anilines is 1. The van der Waals surface area contributed by atoms with Crippen molar-refractivity contribution in [3.63, 3.8) is 0 Å². The summed E-state index contributed by atoms with van der Waals surface area (Å²) < 4.78 is 28.9. The number of hydrogen-bond acceptors (Lipinski definition) is 4. The van der Waals surface area contributed by atoms with E-state index in [-0.39, 0.29) is 23.4 Å². The van der Waals surface area contributed by atoms with Crippen LogP contribution in [0.3, 0.4) is 0 Å². The molecule has 2 amide bonds. The minimum absolute atomic E-state index is 0.0799. The van der Waals surface area contributed by atoms with Crippen LogP contribution in [-0.2, 0) is 26.2 Å². The molecule has 39 heavy (non-hydrogen) atoms. The summed E-state index contributed by atoms with van der Waals surface area (Å²) in [5.74, 6) is -0.786. The number of rotatable bonds is 11. The van der Waals surface area contributed by atoms with E-state index >= 15 is 0 Å². The number of amides is 2. The van der Waals surface area contributed by atoms with E-state index in [2.05, 4.69) is 5.32 Å². The Bertz CT molecular complexity index is 1390. The standard InChI is InChI=1S/C30H36ClN3O4S/c1-6-28(30(36)32-21(2)3)33(19-24-12-14-25(31)15-13-24)29(35)20-34(26-9-7-8-23(5)18-26)39(37,38)27-16-10-22(4)11-17-27/h7-18,21,28H,6,19-20H2,1-5H3,(H,32,36)/t28-/m0/s1. The van der Waals surface area contributed by atoms with Gasteiger partial charge in [0.05, 0.1) is 10.6 Å². The van der Waals surface area contributed by atoms with Gasteiger partial charge in [0.2, 0.25) is 11.8 Å². The van der Waals surface area contributed by atoms with Gasteiger partial charge >= 0.3 is 0 Å². The van der Waals surface area contributed by atoms with E-state index in [0.29, 0.717) is 17.1 Å². The Morgan fingerprint density at radius 1 is 0.923 bits per heavy atom. The molecule has 0 heterocycles. The van der Waals surface area contributed by atoms with Crippen LogP contribution < -0.4 is 9.62 Å². The van der Waals surface area contributed by atoms with Gasteiger partial charge in [0.25, 0.3) is 10.0 Å². The molecule has 1 atom stereocenters. The molecular weight excluding hydrogens is 534 g/mol. The first-order valence-corrected chi connectivity index (χ1v) is 14.7. The van der Waals surface area contributed by atoms with Crippen LogP contribution in [0.1, 0.15) is 43.9 Å². The van der Waals surface area contributed by atoms with Crippen molar-refractivity contribution in [2.24, 2.45) is 0 Å². The Balaban J connectivity index is 2.06. The lowest BCUT2D eigenvalue weighted by molar-refractivity contribution is -0.140. The number of sulfonamides is 1. The first-order valence-electron chi connectivity index (χ1n) is 12.9. The maximum atomic E-state index is 14.0. The summed E-state index contributed by atoms with van der Waals surface area (Å²) in [7, 11) is -4.10. The Hall–Kier alpha value is -3.36. The zero-order valence-corrected chi connectivity index (χ0v) is 24.6. The van der Waals surface area contributed by atoms with Crippen LogP contribution in [0.25, 0.3) is 0 Å². The second-order valence-corrected chi connectivity index (χ2v) is 12.2. The highest BCUT2D eigenvalue weighted by Crippen LogP contribution is 2.26. The maximum absolute atomic E-state index is 14.0. The van der Waals surface area contributed by atoms with Gasteiger partial charge in [-0.25, -0.2) is 8.42 Å². The van der Waals surface area contributed by atoms with Gasteiger partial charge in [-0.1, -0.05) is 60.5 Å². The first-order chi connectivity index (χ1) is 18.4. The lowest BCUT2D eigenvalue weighted by Gasteiger charge is -2.33. The second kappa shape index (κ2) is 13.1. The molecule has 0 aliphatic rings. The van der Waals surface area contributed by atoms with E-state index in [9.17, 15) is 18.0 Å². The summed E-state index contributed by atoms with van der Waals surface area (Å²) in [6.45, 7) is 8.91. The first kappa shape index (κ1) is 30.2. The summed E-state index contributed by atoms with van der Waals surface area (Å²) in [5.41, 5.74) is 2.91. The number of carbonyl (C=O) groups is 2. The van der Waals surface area contributed by atoms with Crippen molar-refractivity contribution >= 4 is 39.1 Å². The number of halogens is 1. The van der Waals surface area contributed by atoms with Gasteiger partial charge in [0.15, 0.2) is 0 Å². The Labute approximate surface area is 236 Å². The highest BCUT2D eigenvalue weighted by molar-refractivity contribution is 7.92. The molecule has 0 fully saturated rings. The van der Waals surface area contributed by atoms with Crippen LogP contribution in [0.5, 0.6) is 0 Å². The van der Waals surface area contributed by atoms with Gasteiger partial charge in [0.1, 0.15) is 12.6 Å². The quantitative estimate of drug-likeness (QED) is 0.331. The Morgan fingerprint density at radius 2 is 1.56 bits per heavy atom. The molecule has 3 aromatic rings. The molecule has 3 aromatic carbocycles. The van der Waals surface area contributed by atoms with Crippen molar-refractivity contribution in [1.29, 1.82) is 0 Å². The fourth-order valence-corrected chi connectivity index (χ4v) is 5.77. The van der Waals surface area contributed by atoms with Gasteiger partial charge in [0, 0.05) is 17.6 Å². The molecule has 0 unspecified atom stereocenters. The zero-order valence-electron chi connectivity index (χ0n) is 23.0. The van der Waals surface area contributed by atoms with Crippen molar-refractivity contribution < 1.29 is 18.0 Å². The summed E-state index contributed by atoms with van der Waals surface area (Å²) >= 11 is 6.06. The van der Waals surface area contributed by atoms with E-state index in [4.69, 9.17) is 11.6 Å². The van der Waals surface area contributed by atoms with Crippen LogP contribution >= 0.6 is 11.6 Å². The lowest BCUT2D eigenvalue weighted by atomic mass is 10.1. The monoisotopic (exact) mass is 569 g/mol. The molecule has 0 spiro atoms. The van der Waals surface area contributed by atoms with Gasteiger partial charge in [-0.15, -0.1) is 0 Å². The maximum Gasteiger partial charge on any atom is 0.264 e. The topological polar surface area (TPSA) is 86.8 Å². The van der Waals surface area contributed by atoms with E-state index < -0.39 is 28.5 Å². The molecule has 7 nitrogen and oxygen atoms in total. The molecule has 0 radical (unpaired) electrons.